The van der Waals surface area contributed by atoms with Crippen LogP contribution in [0.1, 0.15) is 0 Å². The molecule has 2 fully saturated rings. The number of aliphatic hydroxyl groups is 7. The first-order valence-electron chi connectivity index (χ1n) is 12.6. The van der Waals surface area contributed by atoms with E-state index in [1.54, 1.807) is 0 Å². The summed E-state index contributed by atoms with van der Waals surface area (Å²) in [6, 6.07) is 6.38. The maximum Gasteiger partial charge on any atom is 0.229 e. The smallest absolute Gasteiger partial charge is 0.229 e. The predicted molar refractivity (Wildman–Crippen MR) is 136 cm³/mol. The highest BCUT2D eigenvalue weighted by Crippen LogP contribution is 2.51. The van der Waals surface area contributed by atoms with Gasteiger partial charge in [0.15, 0.2) is 16.8 Å². The number of fused-ring (bicyclic) bond motifs is 1. The molecule has 16 nitrogen and oxygen atoms in total. The minimum atomic E-state index is -1.97. The molecule has 5 rings (SSSR count). The molecule has 0 aliphatic carbocycles. The quantitative estimate of drug-likeness (QED) is 0.142. The molecule has 0 radical (unpaired) electrons. The Labute approximate surface area is 235 Å². The van der Waals surface area contributed by atoms with Gasteiger partial charge in [0.05, 0.1) is 13.2 Å². The van der Waals surface area contributed by atoms with Gasteiger partial charge in [-0.15, -0.1) is 0 Å². The van der Waals surface area contributed by atoms with Crippen LogP contribution in [-0.2, 0) is 9.47 Å². The molecule has 1 aromatic heterocycles. The van der Waals surface area contributed by atoms with E-state index in [4.69, 9.17) is 23.4 Å². The number of rotatable bonds is 6. The van der Waals surface area contributed by atoms with E-state index in [0.29, 0.717) is 0 Å². The van der Waals surface area contributed by atoms with Gasteiger partial charge in [-0.05, 0) is 24.3 Å². The van der Waals surface area contributed by atoms with Gasteiger partial charge in [-0.2, -0.15) is 0 Å². The van der Waals surface area contributed by atoms with Gasteiger partial charge in [0.1, 0.15) is 59.6 Å². The van der Waals surface area contributed by atoms with Crippen molar-refractivity contribution in [1.29, 1.82) is 0 Å². The fourth-order valence-corrected chi connectivity index (χ4v) is 4.58. The summed E-state index contributed by atoms with van der Waals surface area (Å²) in [5.74, 6) is -3.99. The zero-order chi connectivity index (χ0) is 30.5. The van der Waals surface area contributed by atoms with Crippen molar-refractivity contribution in [2.24, 2.45) is 0 Å². The van der Waals surface area contributed by atoms with Crippen LogP contribution < -0.4 is 14.9 Å². The first kappa shape index (κ1) is 29.8. The highest BCUT2D eigenvalue weighted by atomic mass is 16.7. The molecule has 0 amide bonds. The van der Waals surface area contributed by atoms with Crippen molar-refractivity contribution >= 4 is 11.0 Å². The van der Waals surface area contributed by atoms with Gasteiger partial charge in [0.2, 0.25) is 29.8 Å². The van der Waals surface area contributed by atoms with Crippen LogP contribution >= 0.6 is 0 Å². The molecule has 228 valence electrons. The lowest BCUT2D eigenvalue weighted by molar-refractivity contribution is -0.277. The Kier molecular flexibility index (Phi) is 8.17. The van der Waals surface area contributed by atoms with Crippen molar-refractivity contribution in [3.05, 3.63) is 40.6 Å². The van der Waals surface area contributed by atoms with Crippen molar-refractivity contribution < 1.29 is 74.4 Å². The van der Waals surface area contributed by atoms with Gasteiger partial charge in [0, 0.05) is 11.6 Å². The topological polar surface area (TPSA) is 269 Å². The first-order valence-corrected chi connectivity index (χ1v) is 12.6. The summed E-state index contributed by atoms with van der Waals surface area (Å²) in [4.78, 5) is 13.3. The van der Waals surface area contributed by atoms with E-state index in [9.17, 15) is 55.9 Å². The Morgan fingerprint density at radius 1 is 0.786 bits per heavy atom. The van der Waals surface area contributed by atoms with Crippen LogP contribution in [0.4, 0.5) is 0 Å². The van der Waals surface area contributed by atoms with E-state index in [2.05, 4.69) is 0 Å². The molecule has 2 aliphatic heterocycles. The Bertz CT molecular complexity index is 1490. The summed E-state index contributed by atoms with van der Waals surface area (Å²) >= 11 is 0. The lowest BCUT2D eigenvalue weighted by atomic mass is 9.99. The fourth-order valence-electron chi connectivity index (χ4n) is 4.58. The number of hydrogen-bond acceptors (Lipinski definition) is 16. The standard InChI is InChI=1S/C26H28O16/c27-6-13-16(32)18(34)20(36)26(40-13)42-24-21(37)23(41-25-19(35)15(31)11(30)7-38-25)17(33)14-10(29)5-12(39-22(14)24)8-1-3-9(28)4-2-8/h1-5,11,13,15-16,18-20,25-28,30-37H,6-7H2/t11-,13-,15-,16+,18+,19-,20+,25+,26+/m1/s1. The number of aliphatic hydroxyl groups excluding tert-OH is 7. The minimum absolute atomic E-state index is 0.0876. The van der Waals surface area contributed by atoms with Gasteiger partial charge >= 0.3 is 0 Å². The van der Waals surface area contributed by atoms with E-state index < -0.39 is 108 Å². The van der Waals surface area contributed by atoms with Gasteiger partial charge in [0.25, 0.3) is 0 Å². The maximum atomic E-state index is 13.3. The van der Waals surface area contributed by atoms with Crippen LogP contribution in [0.15, 0.2) is 39.5 Å². The van der Waals surface area contributed by atoms with E-state index in [0.717, 1.165) is 6.07 Å². The molecule has 16 heteroatoms. The molecule has 3 heterocycles. The summed E-state index contributed by atoms with van der Waals surface area (Å²) < 4.78 is 27.3. The second-order valence-electron chi connectivity index (χ2n) is 9.76. The largest absolute Gasteiger partial charge is 0.508 e. The third-order valence-electron chi connectivity index (χ3n) is 6.96. The van der Waals surface area contributed by atoms with Gasteiger partial charge in [-0.1, -0.05) is 0 Å². The molecular formula is C26H28O16. The molecule has 9 atom stereocenters. The Hall–Kier alpha value is -3.71. The average Bonchev–Trinajstić information content (AvgIpc) is 2.97. The SMILES string of the molecule is O=c1cc(-c2ccc(O)cc2)oc2c(O[C@@H]3O[C@H](CO)[C@H](O)[C@H](O)[C@@H]3O)c(O)c(O[C@@H]3OC[C@@H](O)[C@@H](O)[C@H]3O)c(O)c12. The van der Waals surface area contributed by atoms with Gasteiger partial charge in [-0.3, -0.25) is 4.79 Å². The Balaban J connectivity index is 1.66. The normalized spacial score (nSPS) is 31.6. The average molecular weight is 596 g/mol. The number of ether oxygens (including phenoxy) is 4. The van der Waals surface area contributed by atoms with Gasteiger partial charge < -0.3 is 74.4 Å². The summed E-state index contributed by atoms with van der Waals surface area (Å²) in [5, 5.41) is 102. The van der Waals surface area contributed by atoms with Crippen molar-refractivity contribution in [1.82, 2.24) is 0 Å². The molecule has 0 spiro atoms. The zero-order valence-corrected chi connectivity index (χ0v) is 21.4. The van der Waals surface area contributed by atoms with Crippen molar-refractivity contribution in [3.8, 4) is 40.1 Å². The Morgan fingerprint density at radius 2 is 1.43 bits per heavy atom. The third-order valence-corrected chi connectivity index (χ3v) is 6.96. The van der Waals surface area contributed by atoms with Crippen LogP contribution in [0.3, 0.4) is 0 Å². The summed E-state index contributed by atoms with van der Waals surface area (Å²) in [6.07, 6.45) is -15.8. The van der Waals surface area contributed by atoms with E-state index >= 15 is 0 Å². The number of benzene rings is 2. The fraction of sp³-hybridized carbons (Fsp3) is 0.423. The van der Waals surface area contributed by atoms with E-state index in [1.165, 1.54) is 24.3 Å². The highest BCUT2D eigenvalue weighted by Gasteiger charge is 2.46. The molecule has 2 saturated heterocycles. The summed E-state index contributed by atoms with van der Waals surface area (Å²) in [6.45, 7) is -1.32. The van der Waals surface area contributed by atoms with Gasteiger partial charge in [-0.25, -0.2) is 0 Å². The van der Waals surface area contributed by atoms with E-state index in [-0.39, 0.29) is 17.1 Å². The molecule has 2 aliphatic rings. The van der Waals surface area contributed by atoms with Crippen LogP contribution in [0.5, 0.6) is 28.7 Å². The van der Waals surface area contributed by atoms with Crippen LogP contribution in [0.2, 0.25) is 0 Å². The lowest BCUT2D eigenvalue weighted by Gasteiger charge is -2.39. The number of phenols is 3. The zero-order valence-electron chi connectivity index (χ0n) is 21.4. The van der Waals surface area contributed by atoms with Crippen molar-refractivity contribution in [2.45, 2.75) is 55.3 Å². The molecule has 0 unspecified atom stereocenters. The molecule has 0 saturated carbocycles. The molecule has 2 aromatic carbocycles. The molecule has 10 N–H and O–H groups in total. The van der Waals surface area contributed by atoms with Crippen molar-refractivity contribution in [2.75, 3.05) is 13.2 Å². The second-order valence-corrected chi connectivity index (χ2v) is 9.76. The summed E-state index contributed by atoms with van der Waals surface area (Å²) in [5.41, 5.74) is -1.23. The number of hydrogen-bond donors (Lipinski definition) is 10. The first-order chi connectivity index (χ1) is 19.9. The molecular weight excluding hydrogens is 568 g/mol. The predicted octanol–water partition coefficient (Wildman–Crippen LogP) is -2.43. The molecule has 42 heavy (non-hydrogen) atoms. The monoisotopic (exact) mass is 596 g/mol. The third kappa shape index (κ3) is 5.19. The molecule has 3 aromatic rings. The number of phenolic OH excluding ortho intramolecular Hbond substituents is 3. The van der Waals surface area contributed by atoms with Crippen LogP contribution in [0.25, 0.3) is 22.3 Å². The lowest BCUT2D eigenvalue weighted by Crippen LogP contribution is -2.60. The Morgan fingerprint density at radius 3 is 2.10 bits per heavy atom. The number of aromatic hydroxyl groups is 3. The minimum Gasteiger partial charge on any atom is -0.508 e. The van der Waals surface area contributed by atoms with Crippen molar-refractivity contribution in [3.63, 3.8) is 0 Å². The maximum absolute atomic E-state index is 13.3. The highest BCUT2D eigenvalue weighted by molar-refractivity contribution is 5.95. The second kappa shape index (κ2) is 11.5. The summed E-state index contributed by atoms with van der Waals surface area (Å²) in [7, 11) is 0. The van der Waals surface area contributed by atoms with Crippen LogP contribution in [-0.4, -0.2) is 120 Å². The van der Waals surface area contributed by atoms with Crippen LogP contribution in [0, 0.1) is 0 Å². The van der Waals surface area contributed by atoms with E-state index in [1.807, 2.05) is 0 Å². The molecule has 0 bridgehead atoms.